The lowest BCUT2D eigenvalue weighted by Gasteiger charge is -2.35. The molecule has 0 saturated carbocycles. The van der Waals surface area contributed by atoms with Crippen molar-refractivity contribution in [1.29, 1.82) is 0 Å². The molecule has 1 aliphatic rings. The highest BCUT2D eigenvalue weighted by atomic mass is 19.3. The lowest BCUT2D eigenvalue weighted by molar-refractivity contribution is -0.146. The highest BCUT2D eigenvalue weighted by Gasteiger charge is 2.43. The third-order valence-corrected chi connectivity index (χ3v) is 2.37. The van der Waals surface area contributed by atoms with Crippen molar-refractivity contribution in [2.75, 3.05) is 26.2 Å². The summed E-state index contributed by atoms with van der Waals surface area (Å²) in [6.07, 6.45) is -3.58. The predicted octanol–water partition coefficient (Wildman–Crippen LogP) is 1.18. The van der Waals surface area contributed by atoms with E-state index < -0.39 is 18.9 Å². The lowest BCUT2D eigenvalue weighted by Crippen LogP contribution is -2.54. The highest BCUT2D eigenvalue weighted by Crippen LogP contribution is 2.24. The van der Waals surface area contributed by atoms with Gasteiger partial charge in [0.25, 0.3) is 0 Å². The standard InChI is InChI=1S/C8H14F4N2/c1-6-4-13-2-3-14(6)5-8(11,12)7(9)10/h6-7,13H,2-5H2,1H3/t6-/m0/s1. The molecule has 1 atom stereocenters. The van der Waals surface area contributed by atoms with Crippen molar-refractivity contribution in [3.8, 4) is 0 Å². The van der Waals surface area contributed by atoms with Crippen molar-refractivity contribution in [3.05, 3.63) is 0 Å². The minimum absolute atomic E-state index is 0.117. The molecule has 84 valence electrons. The molecule has 1 heterocycles. The molecule has 6 heteroatoms. The van der Waals surface area contributed by atoms with E-state index >= 15 is 0 Å². The average molecular weight is 214 g/mol. The Morgan fingerprint density at radius 2 is 2.14 bits per heavy atom. The van der Waals surface area contributed by atoms with Crippen LogP contribution in [-0.2, 0) is 0 Å². The SMILES string of the molecule is C[C@H]1CNCCN1CC(F)(F)C(F)F. The minimum Gasteiger partial charge on any atom is -0.314 e. The van der Waals surface area contributed by atoms with Crippen LogP contribution in [0.1, 0.15) is 6.92 Å². The van der Waals surface area contributed by atoms with Crippen molar-refractivity contribution in [2.24, 2.45) is 0 Å². The number of piperazine rings is 1. The molecule has 0 unspecified atom stereocenters. The second-order valence-electron chi connectivity index (χ2n) is 3.59. The summed E-state index contributed by atoms with van der Waals surface area (Å²) in [5.74, 6) is -3.90. The van der Waals surface area contributed by atoms with Gasteiger partial charge in [-0.3, -0.25) is 4.90 Å². The first-order chi connectivity index (χ1) is 6.43. The fourth-order valence-corrected chi connectivity index (χ4v) is 1.46. The van der Waals surface area contributed by atoms with Crippen LogP contribution in [0, 0.1) is 0 Å². The van der Waals surface area contributed by atoms with Gasteiger partial charge in [-0.15, -0.1) is 0 Å². The average Bonchev–Trinajstić information content (AvgIpc) is 2.08. The first-order valence-electron chi connectivity index (χ1n) is 4.54. The molecule has 14 heavy (non-hydrogen) atoms. The Morgan fingerprint density at radius 1 is 1.50 bits per heavy atom. The summed E-state index contributed by atoms with van der Waals surface area (Å²) in [6.45, 7) is 2.42. The van der Waals surface area contributed by atoms with E-state index in [0.29, 0.717) is 19.6 Å². The summed E-state index contributed by atoms with van der Waals surface area (Å²) in [5, 5.41) is 3.01. The molecular weight excluding hydrogens is 200 g/mol. The van der Waals surface area contributed by atoms with Crippen LogP contribution >= 0.6 is 0 Å². The molecule has 0 radical (unpaired) electrons. The van der Waals surface area contributed by atoms with Crippen LogP contribution in [0.4, 0.5) is 17.6 Å². The third kappa shape index (κ3) is 2.81. The van der Waals surface area contributed by atoms with E-state index in [1.807, 2.05) is 0 Å². The maximum atomic E-state index is 12.7. The monoisotopic (exact) mass is 214 g/mol. The molecule has 0 aromatic heterocycles. The van der Waals surface area contributed by atoms with Crippen LogP contribution in [-0.4, -0.2) is 49.5 Å². The van der Waals surface area contributed by atoms with Gasteiger partial charge in [0.05, 0.1) is 6.54 Å². The summed E-state index contributed by atoms with van der Waals surface area (Å²) < 4.78 is 49.2. The molecule has 1 N–H and O–H groups in total. The Hall–Kier alpha value is -0.360. The van der Waals surface area contributed by atoms with E-state index in [2.05, 4.69) is 5.32 Å². The molecule has 0 aliphatic carbocycles. The van der Waals surface area contributed by atoms with Crippen LogP contribution in [0.2, 0.25) is 0 Å². The fourth-order valence-electron chi connectivity index (χ4n) is 1.46. The molecule has 0 bridgehead atoms. The highest BCUT2D eigenvalue weighted by molar-refractivity contribution is 4.82. The molecular formula is C8H14F4N2. The summed E-state index contributed by atoms with van der Waals surface area (Å²) in [4.78, 5) is 1.39. The van der Waals surface area contributed by atoms with Gasteiger partial charge in [0, 0.05) is 25.7 Å². The fraction of sp³-hybridized carbons (Fsp3) is 1.00. The molecule has 1 saturated heterocycles. The molecule has 2 nitrogen and oxygen atoms in total. The number of hydrogen-bond acceptors (Lipinski definition) is 2. The number of rotatable bonds is 3. The predicted molar refractivity (Wildman–Crippen MR) is 44.9 cm³/mol. The topological polar surface area (TPSA) is 15.3 Å². The zero-order valence-electron chi connectivity index (χ0n) is 7.94. The molecule has 0 spiro atoms. The van der Waals surface area contributed by atoms with E-state index in [1.165, 1.54) is 4.90 Å². The van der Waals surface area contributed by atoms with Crippen LogP contribution in [0.15, 0.2) is 0 Å². The number of alkyl halides is 4. The van der Waals surface area contributed by atoms with Gasteiger partial charge in [0.15, 0.2) is 0 Å². The lowest BCUT2D eigenvalue weighted by atomic mass is 10.2. The normalized spacial score (nSPS) is 25.7. The van der Waals surface area contributed by atoms with Gasteiger partial charge < -0.3 is 5.32 Å². The van der Waals surface area contributed by atoms with Crippen LogP contribution in [0.5, 0.6) is 0 Å². The molecule has 1 aliphatic heterocycles. The van der Waals surface area contributed by atoms with Crippen LogP contribution < -0.4 is 5.32 Å². The Labute approximate surface area is 80.3 Å². The van der Waals surface area contributed by atoms with Crippen molar-refractivity contribution >= 4 is 0 Å². The van der Waals surface area contributed by atoms with Crippen molar-refractivity contribution in [1.82, 2.24) is 10.2 Å². The number of hydrogen-bond donors (Lipinski definition) is 1. The first-order valence-corrected chi connectivity index (χ1v) is 4.54. The summed E-state index contributed by atoms with van der Waals surface area (Å²) >= 11 is 0. The van der Waals surface area contributed by atoms with Gasteiger partial charge in [-0.1, -0.05) is 0 Å². The summed E-state index contributed by atoms with van der Waals surface area (Å²) in [6, 6.07) is -0.117. The Morgan fingerprint density at radius 3 is 2.64 bits per heavy atom. The van der Waals surface area contributed by atoms with Gasteiger partial charge in [-0.2, -0.15) is 8.78 Å². The quantitative estimate of drug-likeness (QED) is 0.710. The molecule has 0 amide bonds. The van der Waals surface area contributed by atoms with Gasteiger partial charge in [0.1, 0.15) is 0 Å². The maximum Gasteiger partial charge on any atom is 0.319 e. The Balaban J connectivity index is 2.49. The Kier molecular flexibility index (Phi) is 3.71. The van der Waals surface area contributed by atoms with Crippen LogP contribution in [0.3, 0.4) is 0 Å². The van der Waals surface area contributed by atoms with Gasteiger partial charge in [-0.05, 0) is 6.92 Å². The van der Waals surface area contributed by atoms with E-state index in [0.717, 1.165) is 0 Å². The molecule has 0 aromatic carbocycles. The first kappa shape index (κ1) is 11.7. The summed E-state index contributed by atoms with van der Waals surface area (Å²) in [7, 11) is 0. The largest absolute Gasteiger partial charge is 0.319 e. The molecule has 0 aromatic rings. The van der Waals surface area contributed by atoms with Crippen molar-refractivity contribution in [3.63, 3.8) is 0 Å². The van der Waals surface area contributed by atoms with Gasteiger partial charge >= 0.3 is 12.3 Å². The zero-order valence-corrected chi connectivity index (χ0v) is 7.94. The van der Waals surface area contributed by atoms with E-state index in [4.69, 9.17) is 0 Å². The third-order valence-electron chi connectivity index (χ3n) is 2.37. The number of halogens is 4. The number of nitrogens with one attached hydrogen (secondary N) is 1. The molecule has 1 rings (SSSR count). The van der Waals surface area contributed by atoms with Gasteiger partial charge in [-0.25, -0.2) is 8.78 Å². The van der Waals surface area contributed by atoms with E-state index in [-0.39, 0.29) is 6.04 Å². The molecule has 1 fully saturated rings. The van der Waals surface area contributed by atoms with Gasteiger partial charge in [0.2, 0.25) is 0 Å². The number of nitrogens with zero attached hydrogens (tertiary/aromatic N) is 1. The second kappa shape index (κ2) is 4.44. The van der Waals surface area contributed by atoms with E-state index in [1.54, 1.807) is 6.92 Å². The van der Waals surface area contributed by atoms with Crippen molar-refractivity contribution in [2.45, 2.75) is 25.3 Å². The maximum absolute atomic E-state index is 12.7. The smallest absolute Gasteiger partial charge is 0.314 e. The van der Waals surface area contributed by atoms with Crippen LogP contribution in [0.25, 0.3) is 0 Å². The van der Waals surface area contributed by atoms with E-state index in [9.17, 15) is 17.6 Å². The summed E-state index contributed by atoms with van der Waals surface area (Å²) in [5.41, 5.74) is 0. The Bertz CT molecular complexity index is 186. The minimum atomic E-state index is -3.90. The zero-order chi connectivity index (χ0) is 10.8. The second-order valence-corrected chi connectivity index (χ2v) is 3.59. The van der Waals surface area contributed by atoms with Crippen molar-refractivity contribution < 1.29 is 17.6 Å².